The first-order valence-corrected chi connectivity index (χ1v) is 10.9. The van der Waals surface area contributed by atoms with Gasteiger partial charge in [-0.3, -0.25) is 9.89 Å². The van der Waals surface area contributed by atoms with Crippen LogP contribution in [0.3, 0.4) is 0 Å². The van der Waals surface area contributed by atoms with Crippen molar-refractivity contribution in [3.63, 3.8) is 0 Å². The van der Waals surface area contributed by atoms with Crippen LogP contribution in [0, 0.1) is 13.8 Å². The maximum Gasteiger partial charge on any atom is 0.191 e. The van der Waals surface area contributed by atoms with Gasteiger partial charge in [-0.15, -0.1) is 0 Å². The highest BCUT2D eigenvalue weighted by Crippen LogP contribution is 2.24. The van der Waals surface area contributed by atoms with E-state index in [-0.39, 0.29) is 12.0 Å². The van der Waals surface area contributed by atoms with E-state index in [1.54, 1.807) is 14.2 Å². The summed E-state index contributed by atoms with van der Waals surface area (Å²) >= 11 is 0. The average Bonchev–Trinajstić information content (AvgIpc) is 3.14. The number of morpholine rings is 1. The maximum atomic E-state index is 5.56. The molecule has 1 aliphatic rings. The van der Waals surface area contributed by atoms with Gasteiger partial charge < -0.3 is 24.6 Å². The Balaban J connectivity index is 1.63. The Kier molecular flexibility index (Phi) is 8.31. The van der Waals surface area contributed by atoms with Crippen LogP contribution in [0.5, 0.6) is 5.75 Å². The highest BCUT2D eigenvalue weighted by molar-refractivity contribution is 5.79. The molecule has 0 aliphatic carbocycles. The summed E-state index contributed by atoms with van der Waals surface area (Å²) in [5, 5.41) is 11.0. The molecular formula is C23H35N5O3. The fraction of sp³-hybridized carbons (Fsp3) is 0.565. The first-order valence-electron chi connectivity index (χ1n) is 10.9. The second-order valence-corrected chi connectivity index (χ2v) is 7.91. The molecule has 31 heavy (non-hydrogen) atoms. The Morgan fingerprint density at radius 1 is 1.16 bits per heavy atom. The number of nitrogens with zero attached hydrogens (tertiary/aromatic N) is 3. The van der Waals surface area contributed by atoms with E-state index in [0.717, 1.165) is 68.1 Å². The molecule has 0 saturated carbocycles. The van der Waals surface area contributed by atoms with Crippen molar-refractivity contribution < 1.29 is 14.0 Å². The van der Waals surface area contributed by atoms with Crippen LogP contribution in [0.2, 0.25) is 0 Å². The van der Waals surface area contributed by atoms with Gasteiger partial charge in [0.2, 0.25) is 0 Å². The minimum Gasteiger partial charge on any atom is -0.497 e. The molecule has 8 heteroatoms. The zero-order chi connectivity index (χ0) is 22.2. The Morgan fingerprint density at radius 2 is 1.84 bits per heavy atom. The van der Waals surface area contributed by atoms with Gasteiger partial charge in [0, 0.05) is 44.7 Å². The summed E-state index contributed by atoms with van der Waals surface area (Å²) in [6.07, 6.45) is 0. The predicted molar refractivity (Wildman–Crippen MR) is 122 cm³/mol. The van der Waals surface area contributed by atoms with Crippen molar-refractivity contribution in [3.8, 4) is 5.75 Å². The van der Waals surface area contributed by atoms with Gasteiger partial charge in [0.05, 0.1) is 32.1 Å². The lowest BCUT2D eigenvalue weighted by Gasteiger charge is -2.35. The van der Waals surface area contributed by atoms with Crippen LogP contribution in [0.1, 0.15) is 41.5 Å². The summed E-state index contributed by atoms with van der Waals surface area (Å²) < 4.78 is 16.2. The van der Waals surface area contributed by atoms with Crippen LogP contribution in [0.15, 0.2) is 33.8 Å². The number of aromatic nitrogens is 1. The zero-order valence-corrected chi connectivity index (χ0v) is 19.3. The summed E-state index contributed by atoms with van der Waals surface area (Å²) in [6, 6.07) is 8.52. The lowest BCUT2D eigenvalue weighted by molar-refractivity contribution is 0.0170. The van der Waals surface area contributed by atoms with Crippen molar-refractivity contribution in [1.29, 1.82) is 0 Å². The number of hydrogen-bond donors (Lipinski definition) is 2. The molecule has 0 bridgehead atoms. The summed E-state index contributed by atoms with van der Waals surface area (Å²) in [5.41, 5.74) is 3.35. The highest BCUT2D eigenvalue weighted by Gasteiger charge is 2.23. The van der Waals surface area contributed by atoms with Crippen molar-refractivity contribution >= 4 is 5.96 Å². The topological polar surface area (TPSA) is 84.2 Å². The molecule has 170 valence electrons. The number of ether oxygens (including phenoxy) is 2. The van der Waals surface area contributed by atoms with E-state index in [9.17, 15) is 0 Å². The van der Waals surface area contributed by atoms with Gasteiger partial charge in [0.15, 0.2) is 5.96 Å². The summed E-state index contributed by atoms with van der Waals surface area (Å²) in [7, 11) is 3.49. The third-order valence-corrected chi connectivity index (χ3v) is 5.83. The quantitative estimate of drug-likeness (QED) is 0.493. The molecule has 2 aromatic rings. The molecular weight excluding hydrogens is 394 g/mol. The van der Waals surface area contributed by atoms with Crippen LogP contribution in [-0.4, -0.2) is 69.6 Å². The smallest absolute Gasteiger partial charge is 0.191 e. The van der Waals surface area contributed by atoms with Crippen molar-refractivity contribution in [1.82, 2.24) is 20.7 Å². The highest BCUT2D eigenvalue weighted by atomic mass is 16.5. The minimum absolute atomic E-state index is 0.216. The summed E-state index contributed by atoms with van der Waals surface area (Å²) in [4.78, 5) is 6.87. The molecule has 1 aromatic heterocycles. The molecule has 1 saturated heterocycles. The normalized spacial score (nSPS) is 17.3. The number of rotatable bonds is 8. The van der Waals surface area contributed by atoms with Gasteiger partial charge >= 0.3 is 0 Å². The molecule has 2 unspecified atom stereocenters. The standard InChI is InChI=1S/C23H35N5O3/c1-16(22-17(2)27-31-18(22)3)14-25-23(24-4)26-15-21(28-10-12-30-13-11-28)19-6-8-20(29-5)9-7-19/h6-9,16,21H,10-15H2,1-5H3,(H2,24,25,26). The lowest BCUT2D eigenvalue weighted by atomic mass is 10.00. The molecule has 0 radical (unpaired) electrons. The van der Waals surface area contributed by atoms with E-state index in [1.165, 1.54) is 5.56 Å². The van der Waals surface area contributed by atoms with Crippen molar-refractivity contribution in [2.24, 2.45) is 4.99 Å². The minimum atomic E-state index is 0.216. The van der Waals surface area contributed by atoms with E-state index < -0.39 is 0 Å². The molecule has 2 N–H and O–H groups in total. The lowest BCUT2D eigenvalue weighted by Crippen LogP contribution is -2.46. The van der Waals surface area contributed by atoms with Gasteiger partial charge in [-0.05, 0) is 31.5 Å². The van der Waals surface area contributed by atoms with Gasteiger partial charge in [-0.2, -0.15) is 0 Å². The number of guanidine groups is 1. The third kappa shape index (κ3) is 5.98. The van der Waals surface area contributed by atoms with E-state index in [0.29, 0.717) is 0 Å². The fourth-order valence-corrected chi connectivity index (χ4v) is 4.13. The SMILES string of the molecule is CN=C(NCC(C)c1c(C)noc1C)NCC(c1ccc(OC)cc1)N1CCOCC1. The van der Waals surface area contributed by atoms with E-state index in [1.807, 2.05) is 26.0 Å². The molecule has 1 aromatic carbocycles. The molecule has 0 spiro atoms. The largest absolute Gasteiger partial charge is 0.497 e. The van der Waals surface area contributed by atoms with Gasteiger partial charge in [0.25, 0.3) is 0 Å². The third-order valence-electron chi connectivity index (χ3n) is 5.83. The van der Waals surface area contributed by atoms with Crippen LogP contribution in [-0.2, 0) is 4.74 Å². The maximum absolute atomic E-state index is 5.56. The number of benzene rings is 1. The van der Waals surface area contributed by atoms with Crippen LogP contribution < -0.4 is 15.4 Å². The second kappa shape index (κ2) is 11.2. The summed E-state index contributed by atoms with van der Waals surface area (Å²) in [5.74, 6) is 2.79. The first kappa shape index (κ1) is 23.1. The average molecular weight is 430 g/mol. The van der Waals surface area contributed by atoms with Gasteiger partial charge in [-0.25, -0.2) is 0 Å². The van der Waals surface area contributed by atoms with E-state index >= 15 is 0 Å². The molecule has 1 fully saturated rings. The predicted octanol–water partition coefficient (Wildman–Crippen LogP) is 2.64. The second-order valence-electron chi connectivity index (χ2n) is 7.91. The number of hydrogen-bond acceptors (Lipinski definition) is 6. The van der Waals surface area contributed by atoms with Crippen molar-refractivity contribution in [3.05, 3.63) is 46.8 Å². The number of aliphatic imine (C=N–C) groups is 1. The number of methoxy groups -OCH3 is 1. The first-order chi connectivity index (χ1) is 15.0. The van der Waals surface area contributed by atoms with Crippen LogP contribution in [0.4, 0.5) is 0 Å². The number of aryl methyl sites for hydroxylation is 2. The Morgan fingerprint density at radius 3 is 2.42 bits per heavy atom. The molecule has 0 amide bonds. The zero-order valence-electron chi connectivity index (χ0n) is 19.3. The molecule has 2 atom stereocenters. The molecule has 2 heterocycles. The Hall–Kier alpha value is -2.58. The molecule has 8 nitrogen and oxygen atoms in total. The monoisotopic (exact) mass is 429 g/mol. The molecule has 3 rings (SSSR count). The van der Waals surface area contributed by atoms with Gasteiger partial charge in [-0.1, -0.05) is 24.2 Å². The van der Waals surface area contributed by atoms with Gasteiger partial charge in [0.1, 0.15) is 11.5 Å². The number of nitrogens with one attached hydrogen (secondary N) is 2. The summed E-state index contributed by atoms with van der Waals surface area (Å²) in [6.45, 7) is 10.9. The van der Waals surface area contributed by atoms with E-state index in [4.69, 9.17) is 14.0 Å². The van der Waals surface area contributed by atoms with Crippen LogP contribution in [0.25, 0.3) is 0 Å². The molecule has 1 aliphatic heterocycles. The Labute approximate surface area is 185 Å². The fourth-order valence-electron chi connectivity index (χ4n) is 4.13. The van der Waals surface area contributed by atoms with Crippen molar-refractivity contribution in [2.45, 2.75) is 32.7 Å². The van der Waals surface area contributed by atoms with Crippen LogP contribution >= 0.6 is 0 Å². The Bertz CT molecular complexity index is 824. The van der Waals surface area contributed by atoms with E-state index in [2.05, 4.69) is 44.7 Å². The van der Waals surface area contributed by atoms with Crippen molar-refractivity contribution in [2.75, 3.05) is 53.6 Å².